The zero-order chi connectivity index (χ0) is 15.8. The first kappa shape index (κ1) is 14.2. The third-order valence-corrected chi connectivity index (χ3v) is 4.70. The third-order valence-electron chi connectivity index (χ3n) is 4.70. The average molecular weight is 313 g/mol. The highest BCUT2D eigenvalue weighted by Crippen LogP contribution is 2.30. The Hall–Kier alpha value is -2.44. The molecule has 2 aliphatic heterocycles. The molecule has 7 nitrogen and oxygen atoms in total. The van der Waals surface area contributed by atoms with Gasteiger partial charge in [0.15, 0.2) is 5.69 Å². The van der Waals surface area contributed by atoms with Gasteiger partial charge in [0.1, 0.15) is 17.5 Å². The largest absolute Gasteiger partial charge is 0.477 e. The molecule has 0 bridgehead atoms. The maximum atomic E-state index is 11.1. The smallest absolute Gasteiger partial charge is 0.354 e. The van der Waals surface area contributed by atoms with E-state index in [1.54, 1.807) is 6.07 Å². The lowest BCUT2D eigenvalue weighted by atomic mass is 9.97. The molecule has 1 unspecified atom stereocenters. The number of anilines is 1. The van der Waals surface area contributed by atoms with Crippen LogP contribution in [0.5, 0.6) is 0 Å². The van der Waals surface area contributed by atoms with Gasteiger partial charge in [-0.15, -0.1) is 10.2 Å². The van der Waals surface area contributed by atoms with E-state index in [0.717, 1.165) is 62.8 Å². The lowest BCUT2D eigenvalue weighted by molar-refractivity contribution is 0.0690. The minimum Gasteiger partial charge on any atom is -0.477 e. The minimum atomic E-state index is -0.990. The molecule has 120 valence electrons. The number of nitrogens with zero attached hydrogens (tertiary/aromatic N) is 5. The predicted molar refractivity (Wildman–Crippen MR) is 83.7 cm³/mol. The molecule has 23 heavy (non-hydrogen) atoms. The molecule has 2 aromatic rings. The predicted octanol–water partition coefficient (Wildman–Crippen LogP) is 1.70. The summed E-state index contributed by atoms with van der Waals surface area (Å²) >= 11 is 0. The van der Waals surface area contributed by atoms with Crippen molar-refractivity contribution >= 4 is 11.8 Å². The zero-order valence-corrected chi connectivity index (χ0v) is 12.9. The highest BCUT2D eigenvalue weighted by atomic mass is 16.4. The summed E-state index contributed by atoms with van der Waals surface area (Å²) in [6, 6.07) is 5.16. The number of aromatic carboxylic acids is 1. The number of carbonyl (C=O) groups is 1. The van der Waals surface area contributed by atoms with Crippen molar-refractivity contribution in [3.8, 4) is 0 Å². The van der Waals surface area contributed by atoms with Crippen LogP contribution < -0.4 is 4.90 Å². The third kappa shape index (κ3) is 2.56. The molecule has 0 radical (unpaired) electrons. The molecular weight excluding hydrogens is 294 g/mol. The van der Waals surface area contributed by atoms with Crippen molar-refractivity contribution in [3.63, 3.8) is 0 Å². The van der Waals surface area contributed by atoms with Gasteiger partial charge >= 0.3 is 5.97 Å². The van der Waals surface area contributed by atoms with Crippen LogP contribution in [0.25, 0.3) is 0 Å². The number of fused-ring (bicyclic) bond motifs is 1. The van der Waals surface area contributed by atoms with E-state index in [1.165, 1.54) is 6.07 Å². The first-order chi connectivity index (χ1) is 11.2. The number of carboxylic acid groups (broad SMARTS) is 1. The first-order valence-electron chi connectivity index (χ1n) is 8.09. The van der Waals surface area contributed by atoms with Crippen molar-refractivity contribution in [1.82, 2.24) is 19.7 Å². The first-order valence-corrected chi connectivity index (χ1v) is 8.09. The van der Waals surface area contributed by atoms with Crippen LogP contribution in [0.1, 0.15) is 47.3 Å². The van der Waals surface area contributed by atoms with Crippen LogP contribution in [0, 0.1) is 0 Å². The second kappa shape index (κ2) is 5.64. The van der Waals surface area contributed by atoms with Gasteiger partial charge in [-0.25, -0.2) is 9.78 Å². The van der Waals surface area contributed by atoms with Gasteiger partial charge in [-0.1, -0.05) is 6.07 Å². The molecule has 1 N–H and O–H groups in total. The lowest BCUT2D eigenvalue weighted by Gasteiger charge is -2.33. The van der Waals surface area contributed by atoms with Gasteiger partial charge < -0.3 is 14.6 Å². The summed E-state index contributed by atoms with van der Waals surface area (Å²) in [5.74, 6) is 2.25. The van der Waals surface area contributed by atoms with Crippen LogP contribution in [0.2, 0.25) is 0 Å². The van der Waals surface area contributed by atoms with Gasteiger partial charge in [-0.05, 0) is 31.4 Å². The Morgan fingerprint density at radius 1 is 1.22 bits per heavy atom. The number of hydrogen-bond acceptors (Lipinski definition) is 5. The average Bonchev–Trinajstić information content (AvgIpc) is 3.18. The highest BCUT2D eigenvalue weighted by molar-refractivity contribution is 5.85. The molecule has 0 amide bonds. The van der Waals surface area contributed by atoms with E-state index in [2.05, 4.69) is 24.6 Å². The van der Waals surface area contributed by atoms with Gasteiger partial charge in [0.25, 0.3) is 0 Å². The molecular formula is C16H19N5O2. The van der Waals surface area contributed by atoms with Crippen LogP contribution in [-0.2, 0) is 13.0 Å². The summed E-state index contributed by atoms with van der Waals surface area (Å²) in [4.78, 5) is 17.5. The Labute approximate surface area is 134 Å². The van der Waals surface area contributed by atoms with E-state index in [9.17, 15) is 4.79 Å². The fourth-order valence-corrected chi connectivity index (χ4v) is 3.59. The molecule has 0 saturated carbocycles. The summed E-state index contributed by atoms with van der Waals surface area (Å²) in [6.45, 7) is 2.72. The SMILES string of the molecule is O=C(O)c1cccc(N2CCCC(c3nnc4n3CCC4)C2)n1. The van der Waals surface area contributed by atoms with Gasteiger partial charge in [-0.2, -0.15) is 0 Å². The fourth-order valence-electron chi connectivity index (χ4n) is 3.59. The molecule has 1 fully saturated rings. The van der Waals surface area contributed by atoms with Crippen LogP contribution >= 0.6 is 0 Å². The number of carboxylic acids is 1. The second-order valence-corrected chi connectivity index (χ2v) is 6.20. The van der Waals surface area contributed by atoms with E-state index < -0.39 is 5.97 Å². The number of hydrogen-bond donors (Lipinski definition) is 1. The van der Waals surface area contributed by atoms with E-state index in [4.69, 9.17) is 5.11 Å². The van der Waals surface area contributed by atoms with Crippen molar-refractivity contribution in [1.29, 1.82) is 0 Å². The van der Waals surface area contributed by atoms with Crippen molar-refractivity contribution in [2.45, 2.75) is 38.1 Å². The van der Waals surface area contributed by atoms with Crippen molar-refractivity contribution in [2.24, 2.45) is 0 Å². The Balaban J connectivity index is 1.57. The number of piperidine rings is 1. The quantitative estimate of drug-likeness (QED) is 0.928. The van der Waals surface area contributed by atoms with Gasteiger partial charge in [0.2, 0.25) is 0 Å². The number of aryl methyl sites for hydroxylation is 1. The molecule has 1 atom stereocenters. The minimum absolute atomic E-state index is 0.0907. The highest BCUT2D eigenvalue weighted by Gasteiger charge is 2.29. The van der Waals surface area contributed by atoms with Gasteiger partial charge in [-0.3, -0.25) is 0 Å². The molecule has 1 saturated heterocycles. The molecule has 4 rings (SSSR count). The van der Waals surface area contributed by atoms with Crippen LogP contribution in [-0.4, -0.2) is 43.9 Å². The van der Waals surface area contributed by atoms with Crippen molar-refractivity contribution in [3.05, 3.63) is 35.5 Å². The van der Waals surface area contributed by atoms with E-state index in [0.29, 0.717) is 5.92 Å². The second-order valence-electron chi connectivity index (χ2n) is 6.20. The van der Waals surface area contributed by atoms with E-state index >= 15 is 0 Å². The van der Waals surface area contributed by atoms with E-state index in [-0.39, 0.29) is 5.69 Å². The van der Waals surface area contributed by atoms with E-state index in [1.807, 2.05) is 6.07 Å². The summed E-state index contributed by atoms with van der Waals surface area (Å²) in [7, 11) is 0. The number of aromatic nitrogens is 4. The van der Waals surface area contributed by atoms with Gasteiger partial charge in [0.05, 0.1) is 0 Å². The zero-order valence-electron chi connectivity index (χ0n) is 12.9. The monoisotopic (exact) mass is 313 g/mol. The molecule has 0 spiro atoms. The lowest BCUT2D eigenvalue weighted by Crippen LogP contribution is -2.36. The molecule has 4 heterocycles. The number of rotatable bonds is 3. The Morgan fingerprint density at radius 3 is 3.00 bits per heavy atom. The molecule has 7 heteroatoms. The molecule has 2 aromatic heterocycles. The number of pyridine rings is 1. The maximum absolute atomic E-state index is 11.1. The Bertz CT molecular complexity index is 742. The van der Waals surface area contributed by atoms with Crippen LogP contribution in [0.15, 0.2) is 18.2 Å². The van der Waals surface area contributed by atoms with Crippen LogP contribution in [0.3, 0.4) is 0 Å². The normalized spacial score (nSPS) is 20.5. The molecule has 2 aliphatic rings. The van der Waals surface area contributed by atoms with Crippen molar-refractivity contribution < 1.29 is 9.90 Å². The van der Waals surface area contributed by atoms with Crippen molar-refractivity contribution in [2.75, 3.05) is 18.0 Å². The molecule has 0 aromatic carbocycles. The summed E-state index contributed by atoms with van der Waals surface area (Å²) in [5, 5.41) is 17.8. The van der Waals surface area contributed by atoms with Gasteiger partial charge in [0, 0.05) is 32.0 Å². The summed E-state index contributed by atoms with van der Waals surface area (Å²) in [6.07, 6.45) is 4.31. The summed E-state index contributed by atoms with van der Waals surface area (Å²) < 4.78 is 2.26. The maximum Gasteiger partial charge on any atom is 0.354 e. The standard InChI is InChI=1S/C16H19N5O2/c22-16(23)12-5-1-6-13(17-12)20-8-2-4-11(10-20)15-19-18-14-7-3-9-21(14)15/h1,5-6,11H,2-4,7-10H2,(H,22,23). The Morgan fingerprint density at radius 2 is 2.13 bits per heavy atom. The summed E-state index contributed by atoms with van der Waals surface area (Å²) in [5.41, 5.74) is 0.0907. The fraction of sp³-hybridized carbons (Fsp3) is 0.500. The molecule has 0 aliphatic carbocycles. The topological polar surface area (TPSA) is 84.1 Å². The Kier molecular flexibility index (Phi) is 3.48. The van der Waals surface area contributed by atoms with Crippen LogP contribution in [0.4, 0.5) is 5.82 Å².